The van der Waals surface area contributed by atoms with Crippen molar-refractivity contribution >= 4 is 21.7 Å². The molecule has 0 atom stereocenters. The Bertz CT molecular complexity index is 515. The zero-order valence-electron chi connectivity index (χ0n) is 8.68. The molecule has 0 heterocycles. The van der Waals surface area contributed by atoms with E-state index in [9.17, 15) is 22.0 Å². The van der Waals surface area contributed by atoms with E-state index in [0.717, 1.165) is 7.11 Å². The lowest BCUT2D eigenvalue weighted by atomic mass is 10.2. The second kappa shape index (κ2) is 5.09. The third kappa shape index (κ3) is 3.13. The van der Waals surface area contributed by atoms with E-state index in [2.05, 4.69) is 4.74 Å². The molecule has 0 saturated carbocycles. The van der Waals surface area contributed by atoms with Crippen LogP contribution in [-0.4, -0.2) is 27.3 Å². The van der Waals surface area contributed by atoms with Gasteiger partial charge in [-0.2, -0.15) is 8.78 Å². The Morgan fingerprint density at radius 2 is 1.94 bits per heavy atom. The van der Waals surface area contributed by atoms with Gasteiger partial charge in [0.1, 0.15) is 0 Å². The molecule has 0 aliphatic heterocycles. The molecule has 17 heavy (non-hydrogen) atoms. The Kier molecular flexibility index (Phi) is 4.00. The van der Waals surface area contributed by atoms with Crippen molar-refractivity contribution in [3.8, 4) is 0 Å². The van der Waals surface area contributed by atoms with Crippen molar-refractivity contribution in [2.45, 2.75) is 5.76 Å². The number of alkyl halides is 2. The van der Waals surface area contributed by atoms with Gasteiger partial charge in [0.15, 0.2) is 0 Å². The summed E-state index contributed by atoms with van der Waals surface area (Å²) in [7, 11) is -3.71. The molecule has 94 valence electrons. The Morgan fingerprint density at radius 1 is 1.35 bits per heavy atom. The summed E-state index contributed by atoms with van der Waals surface area (Å²) in [6.07, 6.45) is 0. The number of hydrogen-bond acceptors (Lipinski definition) is 4. The van der Waals surface area contributed by atoms with Gasteiger partial charge >= 0.3 is 11.7 Å². The van der Waals surface area contributed by atoms with Gasteiger partial charge in [-0.3, -0.25) is 4.72 Å². The van der Waals surface area contributed by atoms with Crippen LogP contribution in [0.1, 0.15) is 10.4 Å². The zero-order chi connectivity index (χ0) is 13.1. The van der Waals surface area contributed by atoms with E-state index in [1.54, 1.807) is 4.72 Å². The summed E-state index contributed by atoms with van der Waals surface area (Å²) >= 11 is 0. The minimum Gasteiger partial charge on any atom is -0.465 e. The number of rotatable bonds is 4. The first-order chi connectivity index (χ1) is 7.88. The van der Waals surface area contributed by atoms with Crippen LogP contribution in [0.15, 0.2) is 24.3 Å². The monoisotopic (exact) mass is 265 g/mol. The maximum atomic E-state index is 12.1. The molecule has 1 aromatic carbocycles. The Balaban J connectivity index is 3.12. The van der Waals surface area contributed by atoms with Gasteiger partial charge in [0, 0.05) is 0 Å². The molecule has 1 N–H and O–H groups in total. The van der Waals surface area contributed by atoms with Crippen LogP contribution in [-0.2, 0) is 14.8 Å². The van der Waals surface area contributed by atoms with Crippen molar-refractivity contribution in [1.29, 1.82) is 0 Å². The highest BCUT2D eigenvalue weighted by Gasteiger charge is 2.25. The number of nitrogens with one attached hydrogen (secondary N) is 1. The first-order valence-corrected chi connectivity index (χ1v) is 5.90. The molecule has 0 aromatic heterocycles. The van der Waals surface area contributed by atoms with Crippen LogP contribution in [0.3, 0.4) is 0 Å². The summed E-state index contributed by atoms with van der Waals surface area (Å²) in [5.41, 5.74) is -0.390. The van der Waals surface area contributed by atoms with Crippen molar-refractivity contribution in [3.05, 3.63) is 29.8 Å². The first-order valence-electron chi connectivity index (χ1n) is 4.35. The lowest BCUT2D eigenvalue weighted by Gasteiger charge is -2.10. The van der Waals surface area contributed by atoms with Crippen LogP contribution < -0.4 is 4.72 Å². The summed E-state index contributed by atoms with van der Waals surface area (Å²) in [6, 6.07) is 5.30. The number of carbonyl (C=O) groups excluding carboxylic acids is 1. The molecule has 1 aromatic rings. The average Bonchev–Trinajstić information content (AvgIpc) is 2.28. The number of anilines is 1. The standard InChI is InChI=1S/C9H9F2NO4S/c1-16-8(13)6-4-2-3-5-7(6)12-17(14,15)9(10)11/h2-5,9,12H,1H3. The van der Waals surface area contributed by atoms with Crippen LogP contribution in [0, 0.1) is 0 Å². The number of sulfonamides is 1. The van der Waals surface area contributed by atoms with Crippen molar-refractivity contribution in [1.82, 2.24) is 0 Å². The summed E-state index contributed by atoms with van der Waals surface area (Å²) in [5, 5.41) is 0. The van der Waals surface area contributed by atoms with E-state index in [-0.39, 0.29) is 11.3 Å². The van der Waals surface area contributed by atoms with Crippen molar-refractivity contribution in [2.24, 2.45) is 0 Å². The summed E-state index contributed by atoms with van der Waals surface area (Å²) in [4.78, 5) is 11.2. The molecule has 0 fully saturated rings. The maximum absolute atomic E-state index is 12.1. The second-order valence-electron chi connectivity index (χ2n) is 2.94. The highest BCUT2D eigenvalue weighted by molar-refractivity contribution is 7.93. The number of carbonyl (C=O) groups is 1. The third-order valence-electron chi connectivity index (χ3n) is 1.82. The largest absolute Gasteiger partial charge is 0.465 e. The van der Waals surface area contributed by atoms with Gasteiger partial charge in [-0.15, -0.1) is 0 Å². The lowest BCUT2D eigenvalue weighted by Crippen LogP contribution is -2.22. The number of hydrogen-bond donors (Lipinski definition) is 1. The number of halogens is 2. The van der Waals surface area contributed by atoms with Gasteiger partial charge in [-0.25, -0.2) is 13.2 Å². The van der Waals surface area contributed by atoms with Crippen LogP contribution in [0.4, 0.5) is 14.5 Å². The highest BCUT2D eigenvalue weighted by atomic mass is 32.2. The number of benzene rings is 1. The smallest absolute Gasteiger partial charge is 0.355 e. The Morgan fingerprint density at radius 3 is 2.47 bits per heavy atom. The molecule has 0 spiro atoms. The maximum Gasteiger partial charge on any atom is 0.355 e. The molecule has 0 amide bonds. The molecule has 0 bridgehead atoms. The van der Waals surface area contributed by atoms with E-state index < -0.39 is 21.8 Å². The van der Waals surface area contributed by atoms with E-state index in [1.165, 1.54) is 24.3 Å². The fourth-order valence-electron chi connectivity index (χ4n) is 1.06. The van der Waals surface area contributed by atoms with E-state index >= 15 is 0 Å². The SMILES string of the molecule is COC(=O)c1ccccc1NS(=O)(=O)C(F)F. The van der Waals surface area contributed by atoms with Gasteiger partial charge in [0.05, 0.1) is 18.4 Å². The van der Waals surface area contributed by atoms with Gasteiger partial charge in [0.2, 0.25) is 0 Å². The van der Waals surface area contributed by atoms with Crippen molar-refractivity contribution < 1.29 is 26.7 Å². The summed E-state index contributed by atoms with van der Waals surface area (Å²) in [6.45, 7) is 0. The second-order valence-corrected chi connectivity index (χ2v) is 4.60. The fourth-order valence-corrected chi connectivity index (χ4v) is 1.63. The van der Waals surface area contributed by atoms with Crippen molar-refractivity contribution in [3.63, 3.8) is 0 Å². The van der Waals surface area contributed by atoms with Crippen LogP contribution in [0.25, 0.3) is 0 Å². The predicted octanol–water partition coefficient (Wildman–Crippen LogP) is 1.44. The molecule has 0 radical (unpaired) electrons. The summed E-state index contributed by atoms with van der Waals surface area (Å²) in [5.74, 6) is -4.40. The van der Waals surface area contributed by atoms with Gasteiger partial charge in [-0.1, -0.05) is 12.1 Å². The topological polar surface area (TPSA) is 72.5 Å². The minimum absolute atomic E-state index is 0.140. The Hall–Kier alpha value is -1.70. The molecule has 0 unspecified atom stereocenters. The summed E-state index contributed by atoms with van der Waals surface area (Å²) < 4.78 is 52.2. The lowest BCUT2D eigenvalue weighted by molar-refractivity contribution is 0.0602. The minimum atomic E-state index is -4.81. The van der Waals surface area contributed by atoms with Crippen LogP contribution in [0.2, 0.25) is 0 Å². The number of methoxy groups -OCH3 is 1. The third-order valence-corrected chi connectivity index (χ3v) is 2.79. The zero-order valence-corrected chi connectivity index (χ0v) is 9.50. The number of ether oxygens (including phenoxy) is 1. The highest BCUT2D eigenvalue weighted by Crippen LogP contribution is 2.19. The molecule has 8 heteroatoms. The number of esters is 1. The van der Waals surface area contributed by atoms with E-state index in [0.29, 0.717) is 0 Å². The fraction of sp³-hybridized carbons (Fsp3) is 0.222. The van der Waals surface area contributed by atoms with Gasteiger partial charge in [-0.05, 0) is 12.1 Å². The van der Waals surface area contributed by atoms with E-state index in [1.807, 2.05) is 0 Å². The van der Waals surface area contributed by atoms with Crippen molar-refractivity contribution in [2.75, 3.05) is 11.8 Å². The van der Waals surface area contributed by atoms with Gasteiger partial charge < -0.3 is 4.74 Å². The van der Waals surface area contributed by atoms with Gasteiger partial charge in [0.25, 0.3) is 10.0 Å². The van der Waals surface area contributed by atoms with E-state index in [4.69, 9.17) is 0 Å². The quantitative estimate of drug-likeness (QED) is 0.836. The molecular weight excluding hydrogens is 256 g/mol. The predicted molar refractivity (Wildman–Crippen MR) is 56.3 cm³/mol. The normalized spacial score (nSPS) is 11.3. The molecule has 5 nitrogen and oxygen atoms in total. The molecule has 0 saturated heterocycles. The van der Waals surface area contributed by atoms with Crippen LogP contribution >= 0.6 is 0 Å². The van der Waals surface area contributed by atoms with Crippen LogP contribution in [0.5, 0.6) is 0 Å². The molecular formula is C9H9F2NO4S. The number of para-hydroxylation sites is 1. The first kappa shape index (κ1) is 13.4. The molecule has 0 aliphatic carbocycles. The molecule has 0 aliphatic rings. The average molecular weight is 265 g/mol. The Labute approximate surface area is 96.4 Å². The molecule has 1 rings (SSSR count).